The number of para-hydroxylation sites is 2. The fraction of sp³-hybridized carbons (Fsp3) is 0.0213. The Morgan fingerprint density at radius 3 is 1.65 bits per heavy atom. The molecule has 0 spiro atoms. The van der Waals surface area contributed by atoms with Gasteiger partial charge in [-0.1, -0.05) is 135 Å². The van der Waals surface area contributed by atoms with Crippen LogP contribution in [0.2, 0.25) is 0 Å². The van der Waals surface area contributed by atoms with Crippen molar-refractivity contribution in [3.05, 3.63) is 213 Å². The molecule has 0 aliphatic carbocycles. The normalized spacial score (nSPS) is 12.4. The van der Waals surface area contributed by atoms with Gasteiger partial charge in [0.05, 0.1) is 16.7 Å². The van der Waals surface area contributed by atoms with Crippen molar-refractivity contribution < 1.29 is 0 Å². The average Bonchev–Trinajstić information content (AvgIpc) is 3.48. The predicted octanol–water partition coefficient (Wildman–Crippen LogP) is 13.0. The molecule has 7 aromatic rings. The summed E-state index contributed by atoms with van der Waals surface area (Å²) in [5.41, 5.74) is 10.1. The van der Waals surface area contributed by atoms with Gasteiger partial charge in [-0.3, -0.25) is 0 Å². The lowest BCUT2D eigenvalue weighted by atomic mass is 9.99. The molecule has 7 rings (SSSR count). The molecule has 0 saturated carbocycles. The van der Waals surface area contributed by atoms with Gasteiger partial charge in [0.1, 0.15) is 0 Å². The summed E-state index contributed by atoms with van der Waals surface area (Å²) < 4.78 is 2.41. The van der Waals surface area contributed by atoms with Crippen LogP contribution in [-0.4, -0.2) is 4.57 Å². The first-order valence-electron chi connectivity index (χ1n) is 16.6. The van der Waals surface area contributed by atoms with Gasteiger partial charge >= 0.3 is 0 Å². The van der Waals surface area contributed by atoms with E-state index in [-0.39, 0.29) is 0 Å². The van der Waals surface area contributed by atoms with Gasteiger partial charge in [-0.15, -0.1) is 0 Å². The Morgan fingerprint density at radius 2 is 1.08 bits per heavy atom. The molecule has 0 bridgehead atoms. The van der Waals surface area contributed by atoms with Crippen molar-refractivity contribution in [2.75, 3.05) is 4.90 Å². The fourth-order valence-electron chi connectivity index (χ4n) is 6.63. The largest absolute Gasteiger partial charge is 0.317 e. The van der Waals surface area contributed by atoms with Crippen molar-refractivity contribution in [2.45, 2.75) is 6.92 Å². The molecular weight excluding hydrogens is 593 g/mol. The van der Waals surface area contributed by atoms with Crippen LogP contribution >= 0.6 is 0 Å². The van der Waals surface area contributed by atoms with E-state index in [4.69, 9.17) is 0 Å². The van der Waals surface area contributed by atoms with Crippen LogP contribution in [0.4, 0.5) is 11.4 Å². The summed E-state index contributed by atoms with van der Waals surface area (Å²) >= 11 is 0. The summed E-state index contributed by atoms with van der Waals surface area (Å²) in [7, 11) is 0. The number of allylic oxidation sites excluding steroid dienone is 9. The van der Waals surface area contributed by atoms with Gasteiger partial charge in [0.25, 0.3) is 0 Å². The van der Waals surface area contributed by atoms with E-state index in [1.54, 1.807) is 0 Å². The zero-order valence-electron chi connectivity index (χ0n) is 27.7. The maximum atomic E-state index is 4.07. The lowest BCUT2D eigenvalue weighted by Crippen LogP contribution is -2.08. The first-order valence-corrected chi connectivity index (χ1v) is 16.6. The smallest absolute Gasteiger partial charge is 0.0541 e. The van der Waals surface area contributed by atoms with Gasteiger partial charge in [0.15, 0.2) is 0 Å². The molecule has 2 heteroatoms. The number of fused-ring (bicyclic) bond motifs is 4. The number of aromatic nitrogens is 1. The summed E-state index contributed by atoms with van der Waals surface area (Å²) in [6.45, 7) is 10.1. The molecule has 0 fully saturated rings. The minimum Gasteiger partial charge on any atom is -0.317 e. The summed E-state index contributed by atoms with van der Waals surface area (Å²) in [6, 6.07) is 49.6. The van der Waals surface area contributed by atoms with E-state index in [0.717, 1.165) is 50.4 Å². The quantitative estimate of drug-likeness (QED) is 0.137. The fourth-order valence-corrected chi connectivity index (χ4v) is 6.63. The molecule has 0 amide bonds. The van der Waals surface area contributed by atoms with Crippen molar-refractivity contribution in [1.29, 1.82) is 0 Å². The molecule has 0 radical (unpaired) electrons. The average molecular weight is 631 g/mol. The molecule has 0 aliphatic heterocycles. The third kappa shape index (κ3) is 6.20. The zero-order valence-corrected chi connectivity index (χ0v) is 27.7. The second-order valence-electron chi connectivity index (χ2n) is 11.9. The molecule has 0 saturated heterocycles. The Bertz CT molecular complexity index is 2370. The highest BCUT2D eigenvalue weighted by molar-refractivity contribution is 6.12. The molecule has 49 heavy (non-hydrogen) atoms. The van der Waals surface area contributed by atoms with Crippen LogP contribution in [0.5, 0.6) is 0 Å². The summed E-state index contributed by atoms with van der Waals surface area (Å²) in [4.78, 5) is 2.21. The van der Waals surface area contributed by atoms with Gasteiger partial charge < -0.3 is 9.47 Å². The Hall–Kier alpha value is -6.38. The second kappa shape index (κ2) is 14.2. The second-order valence-corrected chi connectivity index (χ2v) is 11.9. The zero-order chi connectivity index (χ0) is 33.6. The van der Waals surface area contributed by atoms with E-state index >= 15 is 0 Å². The number of hydrogen-bond acceptors (Lipinski definition) is 1. The molecule has 0 unspecified atom stereocenters. The van der Waals surface area contributed by atoms with Gasteiger partial charge in [0.2, 0.25) is 0 Å². The van der Waals surface area contributed by atoms with E-state index in [1.807, 2.05) is 31.2 Å². The molecule has 1 heterocycles. The van der Waals surface area contributed by atoms with Crippen LogP contribution in [-0.2, 0) is 0 Å². The van der Waals surface area contributed by atoms with E-state index in [2.05, 4.69) is 187 Å². The number of anilines is 2. The first kappa shape index (κ1) is 31.2. The van der Waals surface area contributed by atoms with Crippen molar-refractivity contribution in [3.63, 3.8) is 0 Å². The Balaban J connectivity index is 1.43. The lowest BCUT2D eigenvalue weighted by molar-refractivity contribution is 1.20. The van der Waals surface area contributed by atoms with Crippen LogP contribution in [0, 0.1) is 0 Å². The minimum absolute atomic E-state index is 1.07. The molecule has 1 aromatic heterocycles. The topological polar surface area (TPSA) is 8.17 Å². The first-order chi connectivity index (χ1) is 24.2. The third-order valence-corrected chi connectivity index (χ3v) is 8.85. The van der Waals surface area contributed by atoms with Crippen LogP contribution in [0.3, 0.4) is 0 Å². The monoisotopic (exact) mass is 630 g/mol. The van der Waals surface area contributed by atoms with Gasteiger partial charge in [0, 0.05) is 33.7 Å². The maximum Gasteiger partial charge on any atom is 0.0541 e. The maximum absolute atomic E-state index is 4.07. The highest BCUT2D eigenvalue weighted by Crippen LogP contribution is 2.38. The van der Waals surface area contributed by atoms with E-state index in [1.165, 1.54) is 21.5 Å². The third-order valence-electron chi connectivity index (χ3n) is 8.85. The summed E-state index contributed by atoms with van der Waals surface area (Å²) in [5.74, 6) is 0. The standard InChI is InChI=1S/C47H38N2/c1-4-16-35(17-5-2)38-27-29-46-43(33-38)44-34-39(28-30-47(44)49(46)45-26-15-20-37-19-13-14-25-42(37)45)36(18-6-3)31-32-48(40-21-9-7-10-22-40)41-23-11-8-12-24-41/h4-34H,1,3H2,2H3/b17-5-,32-31-,35-16+,36-18+. The van der Waals surface area contributed by atoms with Crippen LogP contribution in [0.25, 0.3) is 49.4 Å². The van der Waals surface area contributed by atoms with Crippen molar-refractivity contribution in [3.8, 4) is 5.69 Å². The van der Waals surface area contributed by atoms with Crippen molar-refractivity contribution in [1.82, 2.24) is 4.57 Å². The number of benzene rings is 6. The lowest BCUT2D eigenvalue weighted by Gasteiger charge is -2.21. The van der Waals surface area contributed by atoms with E-state index < -0.39 is 0 Å². The number of hydrogen-bond donors (Lipinski definition) is 0. The molecular formula is C47H38N2. The highest BCUT2D eigenvalue weighted by atomic mass is 15.1. The Labute approximate surface area is 288 Å². The number of nitrogens with zero attached hydrogens (tertiary/aromatic N) is 2. The summed E-state index contributed by atoms with van der Waals surface area (Å²) in [6.07, 6.45) is 16.4. The Morgan fingerprint density at radius 1 is 0.551 bits per heavy atom. The van der Waals surface area contributed by atoms with Crippen molar-refractivity contribution >= 4 is 55.1 Å². The van der Waals surface area contributed by atoms with E-state index in [9.17, 15) is 0 Å². The highest BCUT2D eigenvalue weighted by Gasteiger charge is 2.16. The van der Waals surface area contributed by atoms with Crippen LogP contribution in [0.1, 0.15) is 18.1 Å². The van der Waals surface area contributed by atoms with Gasteiger partial charge in [-0.2, -0.15) is 0 Å². The van der Waals surface area contributed by atoms with Gasteiger partial charge in [-0.25, -0.2) is 0 Å². The molecule has 0 atom stereocenters. The molecule has 6 aromatic carbocycles. The van der Waals surface area contributed by atoms with Crippen molar-refractivity contribution in [2.24, 2.45) is 0 Å². The molecule has 0 N–H and O–H groups in total. The SMILES string of the molecule is C=C/C=C(\C=C/C)c1ccc2c(c1)c1cc(C(/C=C\N(c3ccccc3)c3ccccc3)=C/C=C)ccc1n2-c1cccc2ccccc12. The van der Waals surface area contributed by atoms with E-state index in [0.29, 0.717) is 0 Å². The number of rotatable bonds is 10. The summed E-state index contributed by atoms with van der Waals surface area (Å²) in [5, 5.41) is 4.82. The van der Waals surface area contributed by atoms with Crippen LogP contribution in [0.15, 0.2) is 201 Å². The van der Waals surface area contributed by atoms with Gasteiger partial charge in [-0.05, 0) is 95.3 Å². The molecule has 0 aliphatic rings. The minimum atomic E-state index is 1.07. The van der Waals surface area contributed by atoms with Crippen LogP contribution < -0.4 is 4.90 Å². The molecule has 236 valence electrons. The predicted molar refractivity (Wildman–Crippen MR) is 214 cm³/mol. The molecule has 2 nitrogen and oxygen atoms in total. The Kier molecular flexibility index (Phi) is 9.03.